The number of aromatic nitrogens is 2. The van der Waals surface area contributed by atoms with Crippen LogP contribution in [0.25, 0.3) is 22.2 Å². The zero-order chi connectivity index (χ0) is 17.4. The minimum atomic E-state index is 0.692. The molecule has 0 saturated carbocycles. The molecule has 0 spiro atoms. The highest BCUT2D eigenvalue weighted by Gasteiger charge is 2.21. The molecule has 3 nitrogen and oxygen atoms in total. The first-order valence-electron chi connectivity index (χ1n) is 9.46. The maximum absolute atomic E-state index is 4.35. The van der Waals surface area contributed by atoms with Crippen molar-refractivity contribution in [3.05, 3.63) is 52.8 Å². The van der Waals surface area contributed by atoms with Crippen LogP contribution in [0.4, 0.5) is 0 Å². The summed E-state index contributed by atoms with van der Waals surface area (Å²) in [5.41, 5.74) is 9.27. The summed E-state index contributed by atoms with van der Waals surface area (Å²) in [7, 11) is 0. The number of fused-ring (bicyclic) bond motifs is 1. The van der Waals surface area contributed by atoms with Gasteiger partial charge in [-0.3, -0.25) is 4.98 Å². The highest BCUT2D eigenvalue weighted by molar-refractivity contribution is 5.94. The summed E-state index contributed by atoms with van der Waals surface area (Å²) in [6, 6.07) is 8.93. The van der Waals surface area contributed by atoms with Gasteiger partial charge in [0.25, 0.3) is 0 Å². The fourth-order valence-electron chi connectivity index (χ4n) is 4.43. The quantitative estimate of drug-likeness (QED) is 0.717. The highest BCUT2D eigenvalue weighted by Crippen LogP contribution is 2.37. The van der Waals surface area contributed by atoms with E-state index in [0.717, 1.165) is 25.2 Å². The van der Waals surface area contributed by atoms with Crippen molar-refractivity contribution in [2.24, 2.45) is 0 Å². The molecule has 0 bridgehead atoms. The molecule has 25 heavy (non-hydrogen) atoms. The number of H-pyrrole nitrogens is 1. The van der Waals surface area contributed by atoms with Crippen molar-refractivity contribution in [3.8, 4) is 11.3 Å². The number of aryl methyl sites for hydroxylation is 3. The van der Waals surface area contributed by atoms with Gasteiger partial charge in [0, 0.05) is 34.1 Å². The summed E-state index contributed by atoms with van der Waals surface area (Å²) < 4.78 is 0. The number of nitrogens with one attached hydrogen (secondary N) is 2. The number of hydrogen-bond acceptors (Lipinski definition) is 2. The van der Waals surface area contributed by atoms with E-state index < -0.39 is 0 Å². The van der Waals surface area contributed by atoms with E-state index in [1.54, 1.807) is 5.56 Å². The van der Waals surface area contributed by atoms with Gasteiger partial charge >= 0.3 is 0 Å². The molecule has 0 aliphatic carbocycles. The third kappa shape index (κ3) is 2.87. The minimum Gasteiger partial charge on any atom is -0.354 e. The van der Waals surface area contributed by atoms with Gasteiger partial charge in [-0.25, -0.2) is 0 Å². The molecule has 3 heterocycles. The van der Waals surface area contributed by atoms with E-state index in [-0.39, 0.29) is 0 Å². The summed E-state index contributed by atoms with van der Waals surface area (Å²) >= 11 is 0. The number of aromatic amines is 1. The van der Waals surface area contributed by atoms with E-state index in [2.05, 4.69) is 60.3 Å². The molecule has 2 N–H and O–H groups in total. The standard InChI is InChI=1S/C22H27N3/c1-4-18-21-15(3)19(16-7-10-23-11-8-16)5-6-20(21)25-22(18)17-9-12-24-14(2)13-17/h5-6,9,12-13,16,23,25H,4,7-8,10-11H2,1-3H3. The molecule has 0 radical (unpaired) electrons. The SMILES string of the molecule is CCc1c(-c2ccnc(C)c2)[nH]c2ccc(C3CCNCC3)c(C)c12. The summed E-state index contributed by atoms with van der Waals surface area (Å²) in [6.45, 7) is 8.90. The average molecular weight is 333 g/mol. The van der Waals surface area contributed by atoms with Gasteiger partial charge in [-0.1, -0.05) is 13.0 Å². The Balaban J connectivity index is 1.88. The Morgan fingerprint density at radius 2 is 1.92 bits per heavy atom. The average Bonchev–Trinajstić information content (AvgIpc) is 3.02. The van der Waals surface area contributed by atoms with Gasteiger partial charge in [0.05, 0.1) is 0 Å². The topological polar surface area (TPSA) is 40.7 Å². The Hall–Kier alpha value is -2.13. The fraction of sp³-hybridized carbons (Fsp3) is 0.409. The van der Waals surface area contributed by atoms with Crippen molar-refractivity contribution >= 4 is 10.9 Å². The third-order valence-corrected chi connectivity index (χ3v) is 5.69. The summed E-state index contributed by atoms with van der Waals surface area (Å²) in [4.78, 5) is 8.04. The Morgan fingerprint density at radius 1 is 1.12 bits per heavy atom. The highest BCUT2D eigenvalue weighted by atomic mass is 14.9. The van der Waals surface area contributed by atoms with Gasteiger partial charge in [0.15, 0.2) is 0 Å². The van der Waals surface area contributed by atoms with Crippen molar-refractivity contribution in [1.29, 1.82) is 0 Å². The van der Waals surface area contributed by atoms with E-state index in [4.69, 9.17) is 0 Å². The van der Waals surface area contributed by atoms with Gasteiger partial charge < -0.3 is 10.3 Å². The van der Waals surface area contributed by atoms with Crippen LogP contribution in [0, 0.1) is 13.8 Å². The van der Waals surface area contributed by atoms with Crippen molar-refractivity contribution in [1.82, 2.24) is 15.3 Å². The van der Waals surface area contributed by atoms with E-state index >= 15 is 0 Å². The summed E-state index contributed by atoms with van der Waals surface area (Å²) in [5.74, 6) is 0.692. The maximum atomic E-state index is 4.35. The molecule has 0 amide bonds. The second kappa shape index (κ2) is 6.64. The Bertz CT molecular complexity index is 901. The summed E-state index contributed by atoms with van der Waals surface area (Å²) in [5, 5.41) is 4.92. The second-order valence-electron chi connectivity index (χ2n) is 7.24. The van der Waals surface area contributed by atoms with Gasteiger partial charge in [-0.2, -0.15) is 0 Å². The molecule has 3 aromatic rings. The molecule has 2 aromatic heterocycles. The predicted octanol–water partition coefficient (Wildman–Crippen LogP) is 4.88. The molecule has 1 aliphatic rings. The molecule has 1 saturated heterocycles. The van der Waals surface area contributed by atoms with Gasteiger partial charge in [0.2, 0.25) is 0 Å². The normalized spacial score (nSPS) is 15.8. The lowest BCUT2D eigenvalue weighted by atomic mass is 9.85. The molecule has 1 fully saturated rings. The first kappa shape index (κ1) is 16.3. The Kier molecular flexibility index (Phi) is 4.34. The van der Waals surface area contributed by atoms with Crippen LogP contribution in [0.1, 0.15) is 48.1 Å². The van der Waals surface area contributed by atoms with Gasteiger partial charge in [0.1, 0.15) is 0 Å². The first-order valence-corrected chi connectivity index (χ1v) is 9.46. The lowest BCUT2D eigenvalue weighted by molar-refractivity contribution is 0.459. The van der Waals surface area contributed by atoms with Crippen LogP contribution in [-0.4, -0.2) is 23.1 Å². The van der Waals surface area contributed by atoms with Crippen molar-refractivity contribution in [2.45, 2.75) is 46.0 Å². The zero-order valence-corrected chi connectivity index (χ0v) is 15.4. The number of pyridine rings is 1. The zero-order valence-electron chi connectivity index (χ0n) is 15.4. The number of nitrogens with zero attached hydrogens (tertiary/aromatic N) is 1. The van der Waals surface area contributed by atoms with Gasteiger partial charge in [-0.15, -0.1) is 0 Å². The molecule has 1 aliphatic heterocycles. The largest absolute Gasteiger partial charge is 0.354 e. The Morgan fingerprint density at radius 3 is 2.64 bits per heavy atom. The van der Waals surface area contributed by atoms with Crippen molar-refractivity contribution < 1.29 is 0 Å². The van der Waals surface area contributed by atoms with E-state index in [1.807, 2.05) is 6.20 Å². The fourth-order valence-corrected chi connectivity index (χ4v) is 4.43. The number of hydrogen-bond donors (Lipinski definition) is 2. The van der Waals surface area contributed by atoms with Crippen molar-refractivity contribution in [2.75, 3.05) is 13.1 Å². The molecule has 4 rings (SSSR count). The predicted molar refractivity (Wildman–Crippen MR) is 105 cm³/mol. The number of piperidine rings is 1. The summed E-state index contributed by atoms with van der Waals surface area (Å²) in [6.07, 6.45) is 5.43. The van der Waals surface area contributed by atoms with Crippen LogP contribution in [-0.2, 0) is 6.42 Å². The van der Waals surface area contributed by atoms with Crippen LogP contribution in [0.3, 0.4) is 0 Å². The van der Waals surface area contributed by atoms with Crippen LogP contribution >= 0.6 is 0 Å². The van der Waals surface area contributed by atoms with E-state index in [1.165, 1.54) is 46.1 Å². The number of benzene rings is 1. The first-order chi connectivity index (χ1) is 12.2. The second-order valence-corrected chi connectivity index (χ2v) is 7.24. The third-order valence-electron chi connectivity index (χ3n) is 5.69. The lowest BCUT2D eigenvalue weighted by Crippen LogP contribution is -2.26. The smallest absolute Gasteiger partial charge is 0.0498 e. The molecule has 1 aromatic carbocycles. The van der Waals surface area contributed by atoms with E-state index in [0.29, 0.717) is 5.92 Å². The number of rotatable bonds is 3. The van der Waals surface area contributed by atoms with E-state index in [9.17, 15) is 0 Å². The molecule has 3 heteroatoms. The van der Waals surface area contributed by atoms with Crippen LogP contribution in [0.5, 0.6) is 0 Å². The molecule has 0 unspecified atom stereocenters. The van der Waals surface area contributed by atoms with Crippen LogP contribution in [0.15, 0.2) is 30.5 Å². The molecular formula is C22H27N3. The minimum absolute atomic E-state index is 0.692. The lowest BCUT2D eigenvalue weighted by Gasteiger charge is -2.25. The molecule has 0 atom stereocenters. The van der Waals surface area contributed by atoms with Gasteiger partial charge in [-0.05, 0) is 87.0 Å². The molecule has 130 valence electrons. The Labute approximate surface area is 149 Å². The van der Waals surface area contributed by atoms with Crippen molar-refractivity contribution in [3.63, 3.8) is 0 Å². The molecular weight excluding hydrogens is 306 g/mol. The van der Waals surface area contributed by atoms with Crippen LogP contribution in [0.2, 0.25) is 0 Å². The maximum Gasteiger partial charge on any atom is 0.0498 e. The van der Waals surface area contributed by atoms with Crippen LogP contribution < -0.4 is 5.32 Å². The monoisotopic (exact) mass is 333 g/mol.